The van der Waals surface area contributed by atoms with Gasteiger partial charge in [0.2, 0.25) is 5.95 Å². The van der Waals surface area contributed by atoms with Crippen LogP contribution in [0.3, 0.4) is 0 Å². The lowest BCUT2D eigenvalue weighted by atomic mass is 9.92. The molecule has 1 aromatic rings. The van der Waals surface area contributed by atoms with Crippen LogP contribution in [0.15, 0.2) is 6.07 Å². The molecule has 22 heavy (non-hydrogen) atoms. The van der Waals surface area contributed by atoms with Gasteiger partial charge >= 0.3 is 0 Å². The zero-order valence-electron chi connectivity index (χ0n) is 14.7. The van der Waals surface area contributed by atoms with E-state index in [4.69, 9.17) is 9.72 Å². The monoisotopic (exact) mass is 307 g/mol. The lowest BCUT2D eigenvalue weighted by molar-refractivity contribution is 0.0209. The van der Waals surface area contributed by atoms with Gasteiger partial charge in [0.1, 0.15) is 5.82 Å². The largest absolute Gasteiger partial charge is 0.377 e. The molecule has 0 radical (unpaired) electrons. The van der Waals surface area contributed by atoms with Gasteiger partial charge in [-0.3, -0.25) is 0 Å². The zero-order valence-corrected chi connectivity index (χ0v) is 14.7. The van der Waals surface area contributed by atoms with Crippen LogP contribution in [0.2, 0.25) is 0 Å². The van der Waals surface area contributed by atoms with Gasteiger partial charge in [0, 0.05) is 31.6 Å². The molecule has 1 saturated heterocycles. The molecule has 1 N–H and O–H groups in total. The maximum Gasteiger partial charge on any atom is 0.227 e. The second kappa shape index (κ2) is 6.79. The van der Waals surface area contributed by atoms with Crippen molar-refractivity contribution >= 4 is 11.8 Å². The Bertz CT molecular complexity index is 494. The minimum absolute atomic E-state index is 0.00732. The van der Waals surface area contributed by atoms with E-state index in [1.807, 2.05) is 7.05 Å². The molecular weight excluding hydrogens is 278 g/mol. The first-order valence-corrected chi connectivity index (χ1v) is 7.85. The predicted octanol–water partition coefficient (Wildman–Crippen LogP) is 1.58. The molecule has 0 spiro atoms. The summed E-state index contributed by atoms with van der Waals surface area (Å²) in [7, 11) is 6.19. The molecule has 6 nitrogen and oxygen atoms in total. The Morgan fingerprint density at radius 2 is 1.86 bits per heavy atom. The Morgan fingerprint density at radius 3 is 2.36 bits per heavy atom. The van der Waals surface area contributed by atoms with Gasteiger partial charge in [0.15, 0.2) is 0 Å². The van der Waals surface area contributed by atoms with Crippen LogP contribution in [-0.4, -0.2) is 68.4 Å². The highest BCUT2D eigenvalue weighted by Crippen LogP contribution is 2.25. The number of nitrogens with zero attached hydrogens (tertiary/aromatic N) is 4. The van der Waals surface area contributed by atoms with Gasteiger partial charge in [-0.2, -0.15) is 4.98 Å². The molecule has 1 aromatic heterocycles. The van der Waals surface area contributed by atoms with Crippen molar-refractivity contribution in [3.8, 4) is 0 Å². The van der Waals surface area contributed by atoms with Crippen molar-refractivity contribution in [2.24, 2.45) is 0 Å². The van der Waals surface area contributed by atoms with Gasteiger partial charge in [0.05, 0.1) is 24.9 Å². The first kappa shape index (κ1) is 17.0. The van der Waals surface area contributed by atoms with Crippen molar-refractivity contribution in [1.29, 1.82) is 0 Å². The third-order valence-electron chi connectivity index (χ3n) is 3.70. The molecule has 1 fully saturated rings. The number of hydrogen-bond donors (Lipinski definition) is 1. The fourth-order valence-corrected chi connectivity index (χ4v) is 2.04. The SMILES string of the molecule is CN(C)CCN(C)c1nc(NC2COC2)cc(C(C)(C)C)n1. The number of ether oxygens (including phenoxy) is 1. The van der Waals surface area contributed by atoms with E-state index < -0.39 is 0 Å². The minimum Gasteiger partial charge on any atom is -0.377 e. The number of hydrogen-bond acceptors (Lipinski definition) is 6. The number of nitrogens with one attached hydrogen (secondary N) is 1. The summed E-state index contributed by atoms with van der Waals surface area (Å²) in [6.07, 6.45) is 0. The van der Waals surface area contributed by atoms with E-state index in [-0.39, 0.29) is 5.41 Å². The van der Waals surface area contributed by atoms with Crippen molar-refractivity contribution in [1.82, 2.24) is 14.9 Å². The van der Waals surface area contributed by atoms with E-state index >= 15 is 0 Å². The van der Waals surface area contributed by atoms with Crippen LogP contribution < -0.4 is 10.2 Å². The molecule has 2 heterocycles. The standard InChI is InChI=1S/C16H29N5O/c1-16(2,3)13-9-14(17-12-10-22-11-12)19-15(18-13)21(6)8-7-20(4)5/h9,12H,7-8,10-11H2,1-6H3,(H,17,18,19). The van der Waals surface area contributed by atoms with Crippen molar-refractivity contribution in [2.45, 2.75) is 32.2 Å². The Kier molecular flexibility index (Phi) is 5.24. The van der Waals surface area contributed by atoms with Gasteiger partial charge in [-0.1, -0.05) is 20.8 Å². The Labute approximate surface area is 133 Å². The lowest BCUT2D eigenvalue weighted by Gasteiger charge is -2.29. The molecule has 1 aliphatic heterocycles. The quantitative estimate of drug-likeness (QED) is 0.861. The van der Waals surface area contributed by atoms with Crippen LogP contribution in [0, 0.1) is 0 Å². The van der Waals surface area contributed by atoms with Gasteiger partial charge in [-0.15, -0.1) is 0 Å². The number of aromatic nitrogens is 2. The molecular formula is C16H29N5O. The second-order valence-corrected chi connectivity index (χ2v) is 7.29. The van der Waals surface area contributed by atoms with E-state index in [0.717, 1.165) is 43.8 Å². The minimum atomic E-state index is -0.00732. The molecule has 1 aliphatic rings. The topological polar surface area (TPSA) is 53.5 Å². The van der Waals surface area contributed by atoms with Crippen LogP contribution in [0.5, 0.6) is 0 Å². The van der Waals surface area contributed by atoms with Crippen molar-refractivity contribution in [2.75, 3.05) is 57.7 Å². The Balaban J connectivity index is 2.20. The molecule has 0 aliphatic carbocycles. The molecule has 0 saturated carbocycles. The molecule has 2 rings (SSSR count). The van der Waals surface area contributed by atoms with Gasteiger partial charge < -0.3 is 19.9 Å². The number of rotatable bonds is 6. The Morgan fingerprint density at radius 1 is 1.18 bits per heavy atom. The van der Waals surface area contributed by atoms with Gasteiger partial charge in [0.25, 0.3) is 0 Å². The highest BCUT2D eigenvalue weighted by Gasteiger charge is 2.22. The van der Waals surface area contributed by atoms with Crippen molar-refractivity contribution in [3.63, 3.8) is 0 Å². The first-order chi connectivity index (χ1) is 10.3. The van der Waals surface area contributed by atoms with Gasteiger partial charge in [-0.25, -0.2) is 4.98 Å². The molecule has 0 aromatic carbocycles. The summed E-state index contributed by atoms with van der Waals surface area (Å²) >= 11 is 0. The molecule has 124 valence electrons. The summed E-state index contributed by atoms with van der Waals surface area (Å²) < 4.78 is 5.23. The molecule has 0 bridgehead atoms. The summed E-state index contributed by atoms with van der Waals surface area (Å²) in [5.74, 6) is 1.66. The fourth-order valence-electron chi connectivity index (χ4n) is 2.04. The summed E-state index contributed by atoms with van der Waals surface area (Å²) in [6.45, 7) is 9.90. The molecule has 0 amide bonds. The van der Waals surface area contributed by atoms with Crippen LogP contribution in [0.25, 0.3) is 0 Å². The second-order valence-electron chi connectivity index (χ2n) is 7.29. The third kappa shape index (κ3) is 4.55. The number of likely N-dealkylation sites (N-methyl/N-ethyl adjacent to an activating group) is 2. The normalized spacial score (nSPS) is 15.8. The van der Waals surface area contributed by atoms with E-state index in [1.54, 1.807) is 0 Å². The average Bonchev–Trinajstić information content (AvgIpc) is 2.39. The lowest BCUT2D eigenvalue weighted by Crippen LogP contribution is -2.40. The zero-order chi connectivity index (χ0) is 16.3. The van der Waals surface area contributed by atoms with Gasteiger partial charge in [-0.05, 0) is 14.1 Å². The summed E-state index contributed by atoms with van der Waals surface area (Å²) in [6, 6.07) is 2.42. The number of anilines is 2. The van der Waals surface area contributed by atoms with Crippen LogP contribution >= 0.6 is 0 Å². The summed E-state index contributed by atoms with van der Waals surface area (Å²) in [5, 5.41) is 3.44. The van der Waals surface area contributed by atoms with E-state index in [9.17, 15) is 0 Å². The molecule has 6 heteroatoms. The summed E-state index contributed by atoms with van der Waals surface area (Å²) in [5.41, 5.74) is 1.05. The molecule has 0 atom stereocenters. The van der Waals surface area contributed by atoms with E-state index in [2.05, 4.69) is 61.0 Å². The van der Waals surface area contributed by atoms with Crippen molar-refractivity contribution in [3.05, 3.63) is 11.8 Å². The first-order valence-electron chi connectivity index (χ1n) is 7.85. The average molecular weight is 307 g/mol. The predicted molar refractivity (Wildman–Crippen MR) is 90.8 cm³/mol. The highest BCUT2D eigenvalue weighted by molar-refractivity contribution is 5.46. The van der Waals surface area contributed by atoms with Crippen LogP contribution in [-0.2, 0) is 10.2 Å². The van der Waals surface area contributed by atoms with Crippen molar-refractivity contribution < 1.29 is 4.74 Å². The van der Waals surface area contributed by atoms with Crippen LogP contribution in [0.1, 0.15) is 26.5 Å². The molecule has 0 unspecified atom stereocenters. The van der Waals surface area contributed by atoms with E-state index in [0.29, 0.717) is 6.04 Å². The smallest absolute Gasteiger partial charge is 0.227 e. The fraction of sp³-hybridized carbons (Fsp3) is 0.750. The Hall–Kier alpha value is -1.40. The highest BCUT2D eigenvalue weighted by atomic mass is 16.5. The maximum atomic E-state index is 5.23. The van der Waals surface area contributed by atoms with Crippen LogP contribution in [0.4, 0.5) is 11.8 Å². The summed E-state index contributed by atoms with van der Waals surface area (Å²) in [4.78, 5) is 13.7. The van der Waals surface area contributed by atoms with E-state index in [1.165, 1.54) is 0 Å². The maximum absolute atomic E-state index is 5.23. The third-order valence-corrected chi connectivity index (χ3v) is 3.70.